The minimum absolute atomic E-state index is 0.0112. The molecule has 0 saturated carbocycles. The molecule has 3 atom stereocenters. The van der Waals surface area contributed by atoms with Crippen molar-refractivity contribution in [2.45, 2.75) is 50.7 Å². The van der Waals surface area contributed by atoms with Gasteiger partial charge in [0.25, 0.3) is 5.91 Å². The predicted octanol–water partition coefficient (Wildman–Crippen LogP) is 2.02. The lowest BCUT2D eigenvalue weighted by Gasteiger charge is -2.25. The summed E-state index contributed by atoms with van der Waals surface area (Å²) in [5.74, 6) is -0.994. The number of benzene rings is 3. The zero-order chi connectivity index (χ0) is 31.2. The number of carbonyl (C=O) groups is 2. The summed E-state index contributed by atoms with van der Waals surface area (Å²) < 4.78 is 13.4. The molecule has 2 amide bonds. The molecular formula is C31H42FN9O2. The minimum Gasteiger partial charge on any atom is -0.370 e. The van der Waals surface area contributed by atoms with E-state index in [1.807, 2.05) is 49.4 Å². The molecule has 0 spiro atoms. The number of amides is 2. The van der Waals surface area contributed by atoms with Crippen molar-refractivity contribution in [3.8, 4) is 0 Å². The topological polar surface area (TPSA) is 199 Å². The van der Waals surface area contributed by atoms with Crippen LogP contribution in [0.3, 0.4) is 0 Å². The molecule has 12 heteroatoms. The molecule has 11 nitrogen and oxygen atoms in total. The molecule has 230 valence electrons. The Kier molecular flexibility index (Phi) is 12.7. The Hall–Kier alpha value is -4.71. The number of nitrogens with two attached hydrogens (primary N) is 4. The van der Waals surface area contributed by atoms with E-state index in [-0.39, 0.29) is 42.4 Å². The molecule has 0 aliphatic rings. The van der Waals surface area contributed by atoms with E-state index in [9.17, 15) is 14.0 Å². The second kappa shape index (κ2) is 16.7. The lowest BCUT2D eigenvalue weighted by molar-refractivity contribution is -0.124. The Morgan fingerprint density at radius 3 is 2.12 bits per heavy atom. The van der Waals surface area contributed by atoms with Gasteiger partial charge in [0.2, 0.25) is 5.91 Å². The van der Waals surface area contributed by atoms with Crippen LogP contribution in [0.5, 0.6) is 0 Å². The van der Waals surface area contributed by atoms with E-state index in [2.05, 4.69) is 25.9 Å². The van der Waals surface area contributed by atoms with E-state index in [4.69, 9.17) is 22.9 Å². The van der Waals surface area contributed by atoms with Crippen molar-refractivity contribution in [3.63, 3.8) is 0 Å². The van der Waals surface area contributed by atoms with Gasteiger partial charge in [0, 0.05) is 31.2 Å². The predicted molar refractivity (Wildman–Crippen MR) is 170 cm³/mol. The van der Waals surface area contributed by atoms with E-state index >= 15 is 0 Å². The van der Waals surface area contributed by atoms with E-state index < -0.39 is 11.9 Å². The summed E-state index contributed by atoms with van der Waals surface area (Å²) in [7, 11) is 0. The van der Waals surface area contributed by atoms with Gasteiger partial charge in [-0.15, -0.1) is 0 Å². The van der Waals surface area contributed by atoms with Gasteiger partial charge in [-0.25, -0.2) is 4.39 Å². The molecule has 3 aromatic carbocycles. The molecule has 0 saturated heterocycles. The smallest absolute Gasteiger partial charge is 0.251 e. The van der Waals surface area contributed by atoms with Crippen molar-refractivity contribution in [2.75, 3.05) is 19.6 Å². The van der Waals surface area contributed by atoms with Crippen molar-refractivity contribution in [1.82, 2.24) is 16.0 Å². The van der Waals surface area contributed by atoms with Gasteiger partial charge in [0.05, 0.1) is 12.1 Å². The van der Waals surface area contributed by atoms with Gasteiger partial charge in [0.1, 0.15) is 5.82 Å². The number of carbonyl (C=O) groups excluding carboxylic acids is 2. The van der Waals surface area contributed by atoms with E-state index in [1.165, 1.54) is 24.3 Å². The second-order valence-corrected chi connectivity index (χ2v) is 10.3. The third-order valence-electron chi connectivity index (χ3n) is 6.97. The first kappa shape index (κ1) is 32.8. The van der Waals surface area contributed by atoms with Crippen LogP contribution < -0.4 is 38.9 Å². The minimum atomic E-state index is -0.588. The molecule has 0 aliphatic heterocycles. The average molecular weight is 592 g/mol. The summed E-state index contributed by atoms with van der Waals surface area (Å²) in [6.07, 6.45) is 2.14. The summed E-state index contributed by atoms with van der Waals surface area (Å²) in [6, 6.07) is 18.1. The number of nitrogens with one attached hydrogen (secondary N) is 3. The molecule has 43 heavy (non-hydrogen) atoms. The third kappa shape index (κ3) is 10.9. The summed E-state index contributed by atoms with van der Waals surface area (Å²) in [4.78, 5) is 34.6. The highest BCUT2D eigenvalue weighted by atomic mass is 19.1. The Morgan fingerprint density at radius 2 is 1.44 bits per heavy atom. The number of halogens is 1. The van der Waals surface area contributed by atoms with Crippen LogP contribution in [0.2, 0.25) is 0 Å². The second-order valence-electron chi connectivity index (χ2n) is 10.3. The first-order valence-corrected chi connectivity index (χ1v) is 14.3. The number of aliphatic imine (C=N–C) groups is 2. The van der Waals surface area contributed by atoms with E-state index in [1.54, 1.807) is 0 Å². The number of rotatable bonds is 16. The summed E-state index contributed by atoms with van der Waals surface area (Å²) >= 11 is 0. The van der Waals surface area contributed by atoms with Gasteiger partial charge in [0.15, 0.2) is 11.9 Å². The van der Waals surface area contributed by atoms with Crippen LogP contribution in [0.25, 0.3) is 10.8 Å². The van der Waals surface area contributed by atoms with Crippen LogP contribution in [-0.2, 0) is 4.79 Å². The van der Waals surface area contributed by atoms with Crippen molar-refractivity contribution in [2.24, 2.45) is 32.9 Å². The van der Waals surface area contributed by atoms with Gasteiger partial charge < -0.3 is 38.9 Å². The van der Waals surface area contributed by atoms with Crippen molar-refractivity contribution in [1.29, 1.82) is 0 Å². The number of hydrogen-bond donors (Lipinski definition) is 7. The summed E-state index contributed by atoms with van der Waals surface area (Å²) in [5.41, 5.74) is 23.2. The fourth-order valence-corrected chi connectivity index (χ4v) is 4.77. The maximum Gasteiger partial charge on any atom is 0.251 e. The summed E-state index contributed by atoms with van der Waals surface area (Å²) in [5, 5.41) is 11.6. The SMILES string of the molecule is C[C@H](NC(=O)[C@H](CCCN=C(N)N)NC[C@H](CCCN=C(N)N)NC(=O)c1ccc(F)cc1)c1cccc2ccccc12. The van der Waals surface area contributed by atoms with Crippen LogP contribution in [0, 0.1) is 5.82 Å². The van der Waals surface area contributed by atoms with Gasteiger partial charge in [-0.05, 0) is 73.2 Å². The molecule has 0 heterocycles. The first-order chi connectivity index (χ1) is 20.6. The normalized spacial score (nSPS) is 13.0. The molecular weight excluding hydrogens is 549 g/mol. The van der Waals surface area contributed by atoms with E-state index in [0.29, 0.717) is 44.3 Å². The highest BCUT2D eigenvalue weighted by Crippen LogP contribution is 2.24. The van der Waals surface area contributed by atoms with E-state index in [0.717, 1.165) is 16.3 Å². The largest absolute Gasteiger partial charge is 0.370 e. The lowest BCUT2D eigenvalue weighted by atomic mass is 9.99. The van der Waals surface area contributed by atoms with Gasteiger partial charge in [-0.3, -0.25) is 19.6 Å². The first-order valence-electron chi connectivity index (χ1n) is 14.3. The van der Waals surface area contributed by atoms with Crippen LogP contribution in [0.4, 0.5) is 4.39 Å². The van der Waals surface area contributed by atoms with Crippen LogP contribution in [-0.4, -0.2) is 55.5 Å². The Balaban J connectivity index is 1.73. The van der Waals surface area contributed by atoms with Crippen molar-refractivity contribution < 1.29 is 14.0 Å². The van der Waals surface area contributed by atoms with Crippen LogP contribution in [0.1, 0.15) is 54.6 Å². The zero-order valence-electron chi connectivity index (χ0n) is 24.4. The highest BCUT2D eigenvalue weighted by Gasteiger charge is 2.23. The average Bonchev–Trinajstić information content (AvgIpc) is 2.98. The Labute approximate surface area is 251 Å². The number of nitrogens with zero attached hydrogens (tertiary/aromatic N) is 2. The molecule has 11 N–H and O–H groups in total. The molecule has 0 fully saturated rings. The highest BCUT2D eigenvalue weighted by molar-refractivity contribution is 5.94. The Morgan fingerprint density at radius 1 is 0.814 bits per heavy atom. The maximum absolute atomic E-state index is 13.6. The Bertz CT molecular complexity index is 1400. The quantitative estimate of drug-likeness (QED) is 0.0750. The fourth-order valence-electron chi connectivity index (χ4n) is 4.77. The van der Waals surface area contributed by atoms with Crippen molar-refractivity contribution >= 4 is 34.5 Å². The number of hydrogen-bond acceptors (Lipinski definition) is 5. The molecule has 0 aliphatic carbocycles. The standard InChI is InChI=1S/C31H42FN9O2/c1-20(25-11-4-8-21-7-2-3-10-26(21)25)40-29(43)27(12-6-18-38-31(35)36)39-19-24(9-5-17-37-30(33)34)41-28(42)22-13-15-23(32)16-14-22/h2-4,7-8,10-11,13-16,20,24,27,39H,5-6,9,12,17-19H2,1H3,(H,40,43)(H,41,42)(H4,33,34,37)(H4,35,36,38)/t20-,24-,27-/m0/s1. The fraction of sp³-hybridized carbons (Fsp3) is 0.355. The molecule has 3 aromatic rings. The zero-order valence-corrected chi connectivity index (χ0v) is 24.4. The van der Waals surface area contributed by atoms with Crippen LogP contribution in [0.15, 0.2) is 76.7 Å². The molecule has 0 radical (unpaired) electrons. The number of guanidine groups is 2. The van der Waals surface area contributed by atoms with Crippen LogP contribution >= 0.6 is 0 Å². The van der Waals surface area contributed by atoms with Crippen molar-refractivity contribution in [3.05, 3.63) is 83.7 Å². The van der Waals surface area contributed by atoms with Gasteiger partial charge >= 0.3 is 0 Å². The molecule has 3 rings (SSSR count). The third-order valence-corrected chi connectivity index (χ3v) is 6.97. The van der Waals surface area contributed by atoms with Gasteiger partial charge in [-0.1, -0.05) is 42.5 Å². The number of fused-ring (bicyclic) bond motifs is 1. The van der Waals surface area contributed by atoms with Gasteiger partial charge in [-0.2, -0.15) is 0 Å². The lowest BCUT2D eigenvalue weighted by Crippen LogP contribution is -2.50. The molecule has 0 bridgehead atoms. The maximum atomic E-state index is 13.6. The summed E-state index contributed by atoms with van der Waals surface area (Å²) in [6.45, 7) is 3.00. The molecule has 0 aromatic heterocycles. The molecule has 0 unspecified atom stereocenters. The monoisotopic (exact) mass is 591 g/mol.